The number of ether oxygens (including phenoxy) is 1. The van der Waals surface area contributed by atoms with E-state index in [9.17, 15) is 20.0 Å². The van der Waals surface area contributed by atoms with Crippen LogP contribution in [-0.4, -0.2) is 87.3 Å². The molecule has 0 spiro atoms. The first-order valence-corrected chi connectivity index (χ1v) is 10.4. The van der Waals surface area contributed by atoms with E-state index in [1.165, 1.54) is 0 Å². The number of hydrogen-bond donors (Lipinski definition) is 4. The lowest BCUT2D eigenvalue weighted by molar-refractivity contribution is -0.134. The van der Waals surface area contributed by atoms with Gasteiger partial charge in [0.2, 0.25) is 0 Å². The lowest BCUT2D eigenvalue weighted by Gasteiger charge is -2.42. The van der Waals surface area contributed by atoms with Crippen molar-refractivity contribution in [2.75, 3.05) is 26.7 Å². The van der Waals surface area contributed by atoms with E-state index in [0.717, 1.165) is 12.1 Å². The standard InChI is InChI=1S/C19H30BN5O6/c1-13-3-4-17(16(19(27)28)12-30-20(29)6-5-13)31-15-9-24(10-15)18(26)11-25-8-14(7-21-2)22-23-25/h3-4,8,13,15,18,21,26,29H,5-7,9-12H2,1-2H3,(H,27,28)/b4-3-,17-16-. The molecular formula is C19H30BN5O6. The first-order chi connectivity index (χ1) is 14.9. The van der Waals surface area contributed by atoms with Crippen molar-refractivity contribution in [1.29, 1.82) is 0 Å². The SMILES string of the molecule is CNCc1cn(CC(O)N2CC(OC3=C(\C(=O)O)COB(O)CCC(C)/C=C\3)C2)nn1. The number of nitrogens with zero attached hydrogens (tertiary/aromatic N) is 4. The Bertz CT molecular complexity index is 809. The highest BCUT2D eigenvalue weighted by Gasteiger charge is 2.34. The van der Waals surface area contributed by atoms with Crippen LogP contribution in [0.5, 0.6) is 0 Å². The molecule has 0 bridgehead atoms. The lowest BCUT2D eigenvalue weighted by Crippen LogP contribution is -2.57. The van der Waals surface area contributed by atoms with Crippen LogP contribution in [0.4, 0.5) is 0 Å². The van der Waals surface area contributed by atoms with Crippen molar-refractivity contribution in [3.63, 3.8) is 0 Å². The zero-order valence-corrected chi connectivity index (χ0v) is 17.8. The largest absolute Gasteiger partial charge is 0.487 e. The molecule has 0 amide bonds. The number of aliphatic carboxylic acids is 1. The van der Waals surface area contributed by atoms with Gasteiger partial charge >= 0.3 is 13.1 Å². The summed E-state index contributed by atoms with van der Waals surface area (Å²) in [4.78, 5) is 13.5. The molecule has 0 radical (unpaired) electrons. The molecule has 1 fully saturated rings. The average Bonchev–Trinajstić information content (AvgIpc) is 3.12. The third kappa shape index (κ3) is 6.62. The molecule has 1 saturated heterocycles. The Morgan fingerprint density at radius 1 is 1.48 bits per heavy atom. The summed E-state index contributed by atoms with van der Waals surface area (Å²) in [7, 11) is 0.812. The summed E-state index contributed by atoms with van der Waals surface area (Å²) in [6.45, 7) is 3.51. The maximum Gasteiger partial charge on any atom is 0.454 e. The second-order valence-corrected chi connectivity index (χ2v) is 7.96. The van der Waals surface area contributed by atoms with Gasteiger partial charge in [0.05, 0.1) is 18.8 Å². The van der Waals surface area contributed by atoms with Crippen molar-refractivity contribution in [2.24, 2.45) is 5.92 Å². The fourth-order valence-corrected chi connectivity index (χ4v) is 3.41. The van der Waals surface area contributed by atoms with Crippen molar-refractivity contribution >= 4 is 13.1 Å². The summed E-state index contributed by atoms with van der Waals surface area (Å²) in [5, 5.41) is 40.9. The van der Waals surface area contributed by atoms with Crippen LogP contribution < -0.4 is 5.32 Å². The van der Waals surface area contributed by atoms with E-state index in [4.69, 9.17) is 9.39 Å². The zero-order chi connectivity index (χ0) is 22.4. The topological polar surface area (TPSA) is 142 Å². The maximum absolute atomic E-state index is 11.7. The number of carbonyl (C=O) groups is 1. The van der Waals surface area contributed by atoms with E-state index in [-0.39, 0.29) is 36.5 Å². The summed E-state index contributed by atoms with van der Waals surface area (Å²) in [6, 6.07) is 0. The molecule has 3 heterocycles. The highest BCUT2D eigenvalue weighted by Crippen LogP contribution is 2.23. The van der Waals surface area contributed by atoms with Gasteiger partial charge in [-0.3, -0.25) is 4.90 Å². The molecule has 2 aliphatic rings. The van der Waals surface area contributed by atoms with E-state index < -0.39 is 19.3 Å². The number of hydrogen-bond acceptors (Lipinski definition) is 9. The smallest absolute Gasteiger partial charge is 0.454 e. The first-order valence-electron chi connectivity index (χ1n) is 10.4. The van der Waals surface area contributed by atoms with Gasteiger partial charge in [-0.15, -0.1) is 5.10 Å². The minimum Gasteiger partial charge on any atom is -0.487 e. The number of rotatable bonds is 8. The van der Waals surface area contributed by atoms with E-state index in [0.29, 0.717) is 26.0 Å². The van der Waals surface area contributed by atoms with Gasteiger partial charge in [0.15, 0.2) is 0 Å². The number of aliphatic hydroxyl groups is 1. The third-order valence-electron chi connectivity index (χ3n) is 5.31. The molecule has 0 aliphatic carbocycles. The van der Waals surface area contributed by atoms with E-state index in [1.54, 1.807) is 17.0 Å². The van der Waals surface area contributed by atoms with Gasteiger partial charge in [0, 0.05) is 25.8 Å². The van der Waals surface area contributed by atoms with E-state index in [1.807, 2.05) is 24.9 Å². The lowest BCUT2D eigenvalue weighted by atomic mass is 9.80. The van der Waals surface area contributed by atoms with Crippen LogP contribution in [0.25, 0.3) is 0 Å². The molecule has 2 unspecified atom stereocenters. The number of nitrogens with one attached hydrogen (secondary N) is 1. The molecule has 170 valence electrons. The molecule has 31 heavy (non-hydrogen) atoms. The molecule has 2 atom stereocenters. The molecule has 2 aliphatic heterocycles. The first kappa shape index (κ1) is 23.4. The molecule has 1 aromatic rings. The van der Waals surface area contributed by atoms with Crippen LogP contribution >= 0.6 is 0 Å². The van der Waals surface area contributed by atoms with Crippen LogP contribution in [-0.2, 0) is 27.3 Å². The summed E-state index contributed by atoms with van der Waals surface area (Å²) >= 11 is 0. The fraction of sp³-hybridized carbons (Fsp3) is 0.632. The molecule has 4 N–H and O–H groups in total. The predicted molar refractivity (Wildman–Crippen MR) is 112 cm³/mol. The maximum atomic E-state index is 11.7. The predicted octanol–water partition coefficient (Wildman–Crippen LogP) is -0.551. The molecular weight excluding hydrogens is 405 g/mol. The Kier molecular flexibility index (Phi) is 8.21. The van der Waals surface area contributed by atoms with Gasteiger partial charge in [-0.25, -0.2) is 9.48 Å². The summed E-state index contributed by atoms with van der Waals surface area (Å²) < 4.78 is 12.8. The number of aliphatic hydroxyl groups excluding tert-OH is 1. The number of aromatic nitrogens is 3. The van der Waals surface area contributed by atoms with Gasteiger partial charge < -0.3 is 29.9 Å². The number of likely N-dealkylation sites (tertiary alicyclic amines) is 1. The summed E-state index contributed by atoms with van der Waals surface area (Å²) in [5.41, 5.74) is 0.750. The summed E-state index contributed by atoms with van der Waals surface area (Å²) in [6.07, 6.45) is 5.47. The molecule has 0 saturated carbocycles. The van der Waals surface area contributed by atoms with Crippen molar-refractivity contribution in [1.82, 2.24) is 25.2 Å². The minimum absolute atomic E-state index is 0.0388. The quantitative estimate of drug-likeness (QED) is 0.393. The van der Waals surface area contributed by atoms with Gasteiger partial charge in [-0.05, 0) is 31.8 Å². The Hall–Kier alpha value is -2.25. The van der Waals surface area contributed by atoms with Crippen molar-refractivity contribution in [3.05, 3.63) is 35.4 Å². The van der Waals surface area contributed by atoms with Crippen molar-refractivity contribution in [3.8, 4) is 0 Å². The summed E-state index contributed by atoms with van der Waals surface area (Å²) in [5.74, 6) is -0.791. The van der Waals surface area contributed by atoms with Crippen LogP contribution in [0.15, 0.2) is 29.7 Å². The van der Waals surface area contributed by atoms with Crippen molar-refractivity contribution < 1.29 is 29.4 Å². The molecule has 11 nitrogen and oxygen atoms in total. The Morgan fingerprint density at radius 2 is 2.26 bits per heavy atom. The van der Waals surface area contributed by atoms with Crippen LogP contribution in [0, 0.1) is 5.92 Å². The monoisotopic (exact) mass is 435 g/mol. The van der Waals surface area contributed by atoms with Gasteiger partial charge in [0.1, 0.15) is 23.7 Å². The number of carboxylic acids is 1. The zero-order valence-electron chi connectivity index (χ0n) is 17.8. The Labute approximate surface area is 181 Å². The molecule has 0 aromatic carbocycles. The molecule has 1 aromatic heterocycles. The van der Waals surface area contributed by atoms with Gasteiger partial charge in [0.25, 0.3) is 0 Å². The second kappa shape index (κ2) is 10.9. The average molecular weight is 435 g/mol. The Balaban J connectivity index is 1.58. The second-order valence-electron chi connectivity index (χ2n) is 7.96. The van der Waals surface area contributed by atoms with E-state index in [2.05, 4.69) is 15.6 Å². The van der Waals surface area contributed by atoms with Crippen LogP contribution in [0.1, 0.15) is 19.0 Å². The van der Waals surface area contributed by atoms with Gasteiger partial charge in [-0.1, -0.05) is 18.2 Å². The fourth-order valence-electron chi connectivity index (χ4n) is 3.41. The van der Waals surface area contributed by atoms with E-state index >= 15 is 0 Å². The number of carboxylic acid groups (broad SMARTS) is 1. The highest BCUT2D eigenvalue weighted by molar-refractivity contribution is 6.42. The van der Waals surface area contributed by atoms with Crippen LogP contribution in [0.3, 0.4) is 0 Å². The van der Waals surface area contributed by atoms with Gasteiger partial charge in [-0.2, -0.15) is 0 Å². The molecule has 3 rings (SSSR count). The Morgan fingerprint density at radius 3 is 2.97 bits per heavy atom. The van der Waals surface area contributed by atoms with Crippen LogP contribution in [0.2, 0.25) is 6.32 Å². The minimum atomic E-state index is -1.15. The highest BCUT2D eigenvalue weighted by atomic mass is 16.5. The molecule has 12 heteroatoms. The third-order valence-corrected chi connectivity index (χ3v) is 5.31. The number of allylic oxidation sites excluding steroid dienone is 2. The normalized spacial score (nSPS) is 25.7. The van der Waals surface area contributed by atoms with Crippen molar-refractivity contribution in [2.45, 2.75) is 45.1 Å².